The number of nitrogens with two attached hydrogens (primary N) is 1. The molecule has 6 N–H and O–H groups in total. The number of amidine groups is 1. The minimum atomic E-state index is -0.611. The third-order valence-electron chi connectivity index (χ3n) is 1.38. The highest BCUT2D eigenvalue weighted by atomic mass is 35.5. The van der Waals surface area contributed by atoms with Gasteiger partial charge >= 0.3 is 0 Å². The summed E-state index contributed by atoms with van der Waals surface area (Å²) in [5.41, 5.74) is 5.24. The molecule has 0 atom stereocenters. The van der Waals surface area contributed by atoms with E-state index in [1.807, 2.05) is 0 Å². The zero-order valence-corrected chi connectivity index (χ0v) is 7.30. The van der Waals surface area contributed by atoms with Crippen LogP contribution < -0.4 is 5.73 Å². The van der Waals surface area contributed by atoms with Crippen molar-refractivity contribution >= 4 is 18.2 Å². The first kappa shape index (κ1) is 11.4. The molecule has 1 aromatic rings. The molecule has 0 saturated carbocycles. The molecule has 0 aliphatic rings. The maximum atomic E-state index is 8.97. The van der Waals surface area contributed by atoms with E-state index in [2.05, 4.69) is 0 Å². The molecule has 1 rings (SSSR count). The normalized spacial score (nSPS) is 8.92. The molecule has 0 bridgehead atoms. The van der Waals surface area contributed by atoms with Crippen molar-refractivity contribution in [2.75, 3.05) is 0 Å². The van der Waals surface area contributed by atoms with Crippen molar-refractivity contribution in [3.63, 3.8) is 0 Å². The van der Waals surface area contributed by atoms with Gasteiger partial charge in [-0.15, -0.1) is 12.4 Å². The number of hydrogen-bond donors (Lipinski definition) is 5. The van der Waals surface area contributed by atoms with E-state index in [4.69, 9.17) is 26.5 Å². The molecule has 0 amide bonds. The van der Waals surface area contributed by atoms with E-state index < -0.39 is 17.2 Å². The fourth-order valence-electron chi connectivity index (χ4n) is 0.760. The molecule has 0 radical (unpaired) electrons. The van der Waals surface area contributed by atoms with E-state index in [1.54, 1.807) is 0 Å². The summed E-state index contributed by atoms with van der Waals surface area (Å²) in [6.07, 6.45) is 0. The first-order chi connectivity index (χ1) is 5.52. The predicted molar refractivity (Wildman–Crippen MR) is 49.7 cm³/mol. The summed E-state index contributed by atoms with van der Waals surface area (Å²) in [6, 6.07) is 2.19. The van der Waals surface area contributed by atoms with Gasteiger partial charge in [-0.2, -0.15) is 0 Å². The first-order valence-corrected chi connectivity index (χ1v) is 3.11. The van der Waals surface area contributed by atoms with E-state index in [0.717, 1.165) is 12.1 Å². The highest BCUT2D eigenvalue weighted by Crippen LogP contribution is 2.34. The van der Waals surface area contributed by atoms with Crippen molar-refractivity contribution in [2.24, 2.45) is 5.73 Å². The van der Waals surface area contributed by atoms with Gasteiger partial charge in [0.05, 0.1) is 0 Å². The highest BCUT2D eigenvalue weighted by molar-refractivity contribution is 5.96. The zero-order valence-electron chi connectivity index (χ0n) is 6.48. The maximum Gasteiger partial charge on any atom is 0.200 e. The van der Waals surface area contributed by atoms with Gasteiger partial charge in [-0.05, 0) is 12.1 Å². The van der Waals surface area contributed by atoms with Crippen LogP contribution in [-0.4, -0.2) is 21.2 Å². The lowest BCUT2D eigenvalue weighted by Crippen LogP contribution is -2.10. The molecular formula is C7H9ClN2O3. The van der Waals surface area contributed by atoms with Crippen LogP contribution in [0.1, 0.15) is 5.56 Å². The largest absolute Gasteiger partial charge is 0.504 e. The van der Waals surface area contributed by atoms with Crippen LogP contribution in [0.2, 0.25) is 0 Å². The molecule has 0 spiro atoms. The Morgan fingerprint density at radius 3 is 1.85 bits per heavy atom. The Kier molecular flexibility index (Phi) is 3.38. The van der Waals surface area contributed by atoms with Gasteiger partial charge in [0, 0.05) is 5.56 Å². The number of halogens is 1. The summed E-state index contributed by atoms with van der Waals surface area (Å²) in [5, 5.41) is 33.8. The lowest BCUT2D eigenvalue weighted by Gasteiger charge is -2.03. The fourth-order valence-corrected chi connectivity index (χ4v) is 0.760. The summed E-state index contributed by atoms with van der Waals surface area (Å²) in [4.78, 5) is 0. The van der Waals surface area contributed by atoms with Gasteiger partial charge in [0.1, 0.15) is 5.84 Å². The van der Waals surface area contributed by atoms with E-state index in [0.29, 0.717) is 0 Å². The van der Waals surface area contributed by atoms with Crippen LogP contribution >= 0.6 is 12.4 Å². The summed E-state index contributed by atoms with van der Waals surface area (Å²) in [5.74, 6) is -1.90. The van der Waals surface area contributed by atoms with Crippen LogP contribution in [0, 0.1) is 5.41 Å². The summed E-state index contributed by atoms with van der Waals surface area (Å²) in [6.45, 7) is 0. The van der Waals surface area contributed by atoms with Crippen LogP contribution in [0.5, 0.6) is 17.2 Å². The Morgan fingerprint density at radius 1 is 1.15 bits per heavy atom. The average Bonchev–Trinajstić information content (AvgIpc) is 1.99. The summed E-state index contributed by atoms with van der Waals surface area (Å²) >= 11 is 0. The molecule has 5 nitrogen and oxygen atoms in total. The van der Waals surface area contributed by atoms with E-state index in [9.17, 15) is 0 Å². The molecule has 0 aromatic heterocycles. The van der Waals surface area contributed by atoms with Crippen molar-refractivity contribution in [1.29, 1.82) is 5.41 Å². The van der Waals surface area contributed by atoms with Crippen molar-refractivity contribution in [2.45, 2.75) is 0 Å². The molecule has 6 heteroatoms. The monoisotopic (exact) mass is 204 g/mol. The molecule has 0 unspecified atom stereocenters. The number of aromatic hydroxyl groups is 3. The Balaban J connectivity index is 0.00000144. The van der Waals surface area contributed by atoms with Gasteiger partial charge in [0.2, 0.25) is 0 Å². The van der Waals surface area contributed by atoms with Gasteiger partial charge < -0.3 is 21.1 Å². The SMILES string of the molecule is Cl.N=C(N)c1cc(O)c(O)c(O)c1. The molecule has 1 aromatic carbocycles. The van der Waals surface area contributed by atoms with E-state index in [-0.39, 0.29) is 23.8 Å². The van der Waals surface area contributed by atoms with Crippen molar-refractivity contribution in [1.82, 2.24) is 0 Å². The number of nitrogens with one attached hydrogen (secondary N) is 1. The minimum absolute atomic E-state index is 0. The molecule has 0 saturated heterocycles. The Bertz CT molecular complexity index is 318. The second-order valence-corrected chi connectivity index (χ2v) is 2.28. The molecular weight excluding hydrogens is 196 g/mol. The van der Waals surface area contributed by atoms with Crippen LogP contribution in [0.3, 0.4) is 0 Å². The second-order valence-electron chi connectivity index (χ2n) is 2.28. The lowest BCUT2D eigenvalue weighted by molar-refractivity contribution is 0.368. The van der Waals surface area contributed by atoms with E-state index in [1.165, 1.54) is 0 Å². The number of hydrogen-bond acceptors (Lipinski definition) is 4. The Morgan fingerprint density at radius 2 is 1.54 bits per heavy atom. The van der Waals surface area contributed by atoms with Gasteiger partial charge in [0.25, 0.3) is 0 Å². The molecule has 0 aliphatic heterocycles. The van der Waals surface area contributed by atoms with Gasteiger partial charge in [0.15, 0.2) is 17.2 Å². The average molecular weight is 205 g/mol. The van der Waals surface area contributed by atoms with Gasteiger partial charge in [-0.25, -0.2) is 0 Å². The number of phenols is 3. The lowest BCUT2D eigenvalue weighted by atomic mass is 10.1. The molecule has 0 aliphatic carbocycles. The molecule has 72 valence electrons. The number of phenolic OH excluding ortho intramolecular Hbond substituents is 3. The molecule has 0 heterocycles. The predicted octanol–water partition coefficient (Wildman–Crippen LogP) is 0.509. The summed E-state index contributed by atoms with van der Waals surface area (Å²) in [7, 11) is 0. The second kappa shape index (κ2) is 3.86. The number of rotatable bonds is 1. The zero-order chi connectivity index (χ0) is 9.30. The Hall–Kier alpha value is -1.62. The van der Waals surface area contributed by atoms with Crippen LogP contribution in [0.15, 0.2) is 12.1 Å². The van der Waals surface area contributed by atoms with Crippen LogP contribution in [0.25, 0.3) is 0 Å². The smallest absolute Gasteiger partial charge is 0.200 e. The molecule has 0 fully saturated rings. The van der Waals surface area contributed by atoms with E-state index >= 15 is 0 Å². The standard InChI is InChI=1S/C7H8N2O3.ClH/c8-7(9)3-1-4(10)6(12)5(11)2-3;/h1-2,10-12H,(H3,8,9);1H. The minimum Gasteiger partial charge on any atom is -0.504 e. The van der Waals surface area contributed by atoms with Crippen molar-refractivity contribution in [3.05, 3.63) is 17.7 Å². The van der Waals surface area contributed by atoms with Crippen LogP contribution in [0.4, 0.5) is 0 Å². The summed E-state index contributed by atoms with van der Waals surface area (Å²) < 4.78 is 0. The fraction of sp³-hybridized carbons (Fsp3) is 0. The first-order valence-electron chi connectivity index (χ1n) is 3.11. The van der Waals surface area contributed by atoms with Crippen molar-refractivity contribution < 1.29 is 15.3 Å². The van der Waals surface area contributed by atoms with Crippen LogP contribution in [-0.2, 0) is 0 Å². The number of benzene rings is 1. The van der Waals surface area contributed by atoms with Gasteiger partial charge in [-0.1, -0.05) is 0 Å². The highest BCUT2D eigenvalue weighted by Gasteiger charge is 2.08. The maximum absolute atomic E-state index is 8.97. The Labute approximate surface area is 80.4 Å². The van der Waals surface area contributed by atoms with Gasteiger partial charge in [-0.3, -0.25) is 5.41 Å². The third-order valence-corrected chi connectivity index (χ3v) is 1.38. The quantitative estimate of drug-likeness (QED) is 0.261. The topological polar surface area (TPSA) is 111 Å². The number of nitrogen functional groups attached to an aromatic ring is 1. The molecule has 13 heavy (non-hydrogen) atoms. The van der Waals surface area contributed by atoms with Crippen molar-refractivity contribution in [3.8, 4) is 17.2 Å². The third kappa shape index (κ3) is 2.16.